The molecule has 1 aliphatic rings. The normalized spacial score (nSPS) is 23.1. The lowest BCUT2D eigenvalue weighted by molar-refractivity contribution is -0.147. The first-order chi connectivity index (χ1) is 8.44. The predicted octanol–water partition coefficient (Wildman–Crippen LogP) is 1.78. The molecule has 1 fully saturated rings. The lowest BCUT2D eigenvalue weighted by atomic mass is 9.90. The highest BCUT2D eigenvalue weighted by molar-refractivity contribution is 9.10. The Morgan fingerprint density at radius 2 is 2.28 bits per heavy atom. The first-order valence-electron chi connectivity index (χ1n) is 5.56. The fourth-order valence-corrected chi connectivity index (χ4v) is 2.45. The number of likely N-dealkylation sites (tertiary alicyclic amines) is 1. The van der Waals surface area contributed by atoms with Crippen LogP contribution in [0.1, 0.15) is 23.7 Å². The molecule has 1 amide bonds. The lowest BCUT2D eigenvalue weighted by Crippen LogP contribution is -2.35. The van der Waals surface area contributed by atoms with Crippen LogP contribution in [0.4, 0.5) is 0 Å². The molecule has 1 saturated heterocycles. The summed E-state index contributed by atoms with van der Waals surface area (Å²) in [5.74, 6) is -1.01. The number of carboxylic acids is 1. The van der Waals surface area contributed by atoms with Gasteiger partial charge in [0.15, 0.2) is 0 Å². The molecule has 1 aliphatic heterocycles. The highest BCUT2D eigenvalue weighted by Gasteiger charge is 2.42. The Morgan fingerprint density at radius 3 is 2.83 bits per heavy atom. The number of amides is 1. The van der Waals surface area contributed by atoms with Crippen molar-refractivity contribution in [3.05, 3.63) is 28.5 Å². The molecule has 0 unspecified atom stereocenters. The number of nitrogens with zero attached hydrogens (tertiary/aromatic N) is 2. The Kier molecular flexibility index (Phi) is 3.38. The van der Waals surface area contributed by atoms with Gasteiger partial charge in [0.05, 0.1) is 11.0 Å². The van der Waals surface area contributed by atoms with E-state index in [-0.39, 0.29) is 12.5 Å². The van der Waals surface area contributed by atoms with Crippen LogP contribution in [-0.2, 0) is 4.79 Å². The molecule has 0 aliphatic carbocycles. The molecular weight excluding hydrogens is 300 g/mol. The number of halogens is 1. The maximum Gasteiger partial charge on any atom is 0.311 e. The third-order valence-electron chi connectivity index (χ3n) is 3.28. The summed E-state index contributed by atoms with van der Waals surface area (Å²) in [7, 11) is 0. The standard InChI is InChI=1S/C12H13BrN2O3/c1-12(11(17)18)3-5-15(7-12)10(16)8-2-4-14-6-9(8)13/h2,4,6H,3,5,7H2,1H3,(H,17,18)/t12-/m1/s1. The average Bonchev–Trinajstić information content (AvgIpc) is 2.73. The molecule has 0 spiro atoms. The summed E-state index contributed by atoms with van der Waals surface area (Å²) >= 11 is 3.28. The first-order valence-corrected chi connectivity index (χ1v) is 6.35. The van der Waals surface area contributed by atoms with Crippen LogP contribution >= 0.6 is 15.9 Å². The molecule has 5 nitrogen and oxygen atoms in total. The molecule has 0 saturated carbocycles. The second-order valence-electron chi connectivity index (χ2n) is 4.70. The quantitative estimate of drug-likeness (QED) is 0.903. The van der Waals surface area contributed by atoms with E-state index >= 15 is 0 Å². The SMILES string of the molecule is C[C@@]1(C(=O)O)CCN(C(=O)c2ccncc2Br)C1. The minimum Gasteiger partial charge on any atom is -0.481 e. The molecule has 0 aromatic carbocycles. The van der Waals surface area contributed by atoms with Crippen molar-refractivity contribution in [3.63, 3.8) is 0 Å². The summed E-state index contributed by atoms with van der Waals surface area (Å²) in [6.45, 7) is 2.39. The molecule has 0 bridgehead atoms. The number of aliphatic carboxylic acids is 1. The second kappa shape index (κ2) is 4.68. The third-order valence-corrected chi connectivity index (χ3v) is 3.91. The minimum atomic E-state index is -0.855. The van der Waals surface area contributed by atoms with E-state index in [0.717, 1.165) is 0 Å². The van der Waals surface area contributed by atoms with Gasteiger partial charge in [-0.25, -0.2) is 0 Å². The van der Waals surface area contributed by atoms with Crippen LogP contribution in [0.3, 0.4) is 0 Å². The minimum absolute atomic E-state index is 0.158. The van der Waals surface area contributed by atoms with E-state index in [1.165, 1.54) is 0 Å². The zero-order chi connectivity index (χ0) is 13.3. The zero-order valence-electron chi connectivity index (χ0n) is 9.89. The number of aromatic nitrogens is 1. The number of rotatable bonds is 2. The summed E-state index contributed by atoms with van der Waals surface area (Å²) in [4.78, 5) is 28.9. The summed E-state index contributed by atoms with van der Waals surface area (Å²) in [6.07, 6.45) is 3.58. The highest BCUT2D eigenvalue weighted by atomic mass is 79.9. The molecule has 96 valence electrons. The van der Waals surface area contributed by atoms with Crippen molar-refractivity contribution in [1.82, 2.24) is 9.88 Å². The van der Waals surface area contributed by atoms with Crippen molar-refractivity contribution < 1.29 is 14.7 Å². The van der Waals surface area contributed by atoms with Gasteiger partial charge in [-0.15, -0.1) is 0 Å². The smallest absolute Gasteiger partial charge is 0.311 e. The van der Waals surface area contributed by atoms with Crippen LogP contribution in [0.2, 0.25) is 0 Å². The first kappa shape index (κ1) is 13.0. The Morgan fingerprint density at radius 1 is 1.56 bits per heavy atom. The number of carbonyl (C=O) groups excluding carboxylic acids is 1. The van der Waals surface area contributed by atoms with Gasteiger partial charge in [-0.1, -0.05) is 0 Å². The Hall–Kier alpha value is -1.43. The van der Waals surface area contributed by atoms with Crippen LogP contribution in [0.5, 0.6) is 0 Å². The molecular formula is C12H13BrN2O3. The second-order valence-corrected chi connectivity index (χ2v) is 5.55. The number of hydrogen-bond acceptors (Lipinski definition) is 3. The van der Waals surface area contributed by atoms with E-state index in [1.807, 2.05) is 0 Å². The predicted molar refractivity (Wildman–Crippen MR) is 68.2 cm³/mol. The largest absolute Gasteiger partial charge is 0.481 e. The summed E-state index contributed by atoms with van der Waals surface area (Å²) in [5.41, 5.74) is -0.325. The van der Waals surface area contributed by atoms with E-state index in [2.05, 4.69) is 20.9 Å². The number of hydrogen-bond donors (Lipinski definition) is 1. The summed E-state index contributed by atoms with van der Waals surface area (Å²) in [6, 6.07) is 1.63. The maximum atomic E-state index is 12.3. The molecule has 0 radical (unpaired) electrons. The van der Waals surface area contributed by atoms with Crippen LogP contribution in [0.15, 0.2) is 22.9 Å². The maximum absolute atomic E-state index is 12.3. The van der Waals surface area contributed by atoms with Crippen molar-refractivity contribution in [2.24, 2.45) is 5.41 Å². The van der Waals surface area contributed by atoms with Crippen LogP contribution in [0, 0.1) is 5.41 Å². The van der Waals surface area contributed by atoms with Gasteiger partial charge in [0, 0.05) is 30.0 Å². The van der Waals surface area contributed by atoms with Gasteiger partial charge in [0.25, 0.3) is 5.91 Å². The zero-order valence-corrected chi connectivity index (χ0v) is 11.5. The lowest BCUT2D eigenvalue weighted by Gasteiger charge is -2.20. The molecule has 18 heavy (non-hydrogen) atoms. The topological polar surface area (TPSA) is 70.5 Å². The van der Waals surface area contributed by atoms with Gasteiger partial charge in [-0.05, 0) is 35.3 Å². The van der Waals surface area contributed by atoms with Gasteiger partial charge in [-0.2, -0.15) is 0 Å². The molecule has 2 rings (SSSR count). The van der Waals surface area contributed by atoms with Crippen molar-refractivity contribution in [2.45, 2.75) is 13.3 Å². The van der Waals surface area contributed by atoms with Crippen molar-refractivity contribution in [2.75, 3.05) is 13.1 Å². The molecule has 6 heteroatoms. The average molecular weight is 313 g/mol. The van der Waals surface area contributed by atoms with E-state index < -0.39 is 11.4 Å². The van der Waals surface area contributed by atoms with Crippen LogP contribution in [-0.4, -0.2) is 40.0 Å². The third kappa shape index (κ3) is 2.25. The Balaban J connectivity index is 2.18. The molecule has 1 atom stereocenters. The van der Waals surface area contributed by atoms with Crippen molar-refractivity contribution >= 4 is 27.8 Å². The van der Waals surface area contributed by atoms with Crippen molar-refractivity contribution in [3.8, 4) is 0 Å². The van der Waals surface area contributed by atoms with Gasteiger partial charge in [0.1, 0.15) is 0 Å². The highest BCUT2D eigenvalue weighted by Crippen LogP contribution is 2.31. The van der Waals surface area contributed by atoms with Gasteiger partial charge >= 0.3 is 5.97 Å². The molecule has 2 heterocycles. The number of carboxylic acid groups (broad SMARTS) is 1. The van der Waals surface area contributed by atoms with Crippen LogP contribution < -0.4 is 0 Å². The molecule has 1 aromatic rings. The number of carbonyl (C=O) groups is 2. The summed E-state index contributed by atoms with van der Waals surface area (Å²) < 4.78 is 0.624. The fourth-order valence-electron chi connectivity index (χ4n) is 2.03. The van der Waals surface area contributed by atoms with Crippen LogP contribution in [0.25, 0.3) is 0 Å². The van der Waals surface area contributed by atoms with Crippen molar-refractivity contribution in [1.29, 1.82) is 0 Å². The number of pyridine rings is 1. The Bertz CT molecular complexity index is 506. The Labute approximate surface area is 113 Å². The van der Waals surface area contributed by atoms with Gasteiger partial charge in [-0.3, -0.25) is 14.6 Å². The molecule has 1 aromatic heterocycles. The van der Waals surface area contributed by atoms with E-state index in [0.29, 0.717) is 23.0 Å². The van der Waals surface area contributed by atoms with E-state index in [1.54, 1.807) is 30.3 Å². The van der Waals surface area contributed by atoms with E-state index in [4.69, 9.17) is 5.11 Å². The summed E-state index contributed by atoms with van der Waals surface area (Å²) in [5, 5.41) is 9.14. The fraction of sp³-hybridized carbons (Fsp3) is 0.417. The monoisotopic (exact) mass is 312 g/mol. The van der Waals surface area contributed by atoms with E-state index in [9.17, 15) is 9.59 Å². The van der Waals surface area contributed by atoms with Gasteiger partial charge in [0.2, 0.25) is 0 Å². The molecule has 1 N–H and O–H groups in total. The van der Waals surface area contributed by atoms with Gasteiger partial charge < -0.3 is 10.0 Å².